The first kappa shape index (κ1) is 16.1. The van der Waals surface area contributed by atoms with Gasteiger partial charge in [0, 0.05) is 23.0 Å². The molecule has 0 spiro atoms. The number of hydrogen-bond donors (Lipinski definition) is 0. The Labute approximate surface area is 119 Å². The highest BCUT2D eigenvalue weighted by atomic mass is 15.2. The van der Waals surface area contributed by atoms with Crippen molar-refractivity contribution in [1.29, 1.82) is 0 Å². The predicted octanol–water partition coefficient (Wildman–Crippen LogP) is 5.25. The van der Waals surface area contributed by atoms with Crippen LogP contribution in [0.5, 0.6) is 0 Å². The molecule has 1 aliphatic rings. The van der Waals surface area contributed by atoms with Gasteiger partial charge in [-0.2, -0.15) is 10.2 Å². The molecule has 0 saturated carbocycles. The van der Waals surface area contributed by atoms with Crippen LogP contribution in [0.4, 0.5) is 0 Å². The largest absolute Gasteiger partial charge is 0.159 e. The zero-order valence-corrected chi connectivity index (χ0v) is 14.2. The molecule has 0 bridgehead atoms. The highest BCUT2D eigenvalue weighted by molar-refractivity contribution is 6.03. The monoisotopic (exact) mass is 262 g/mol. The van der Waals surface area contributed by atoms with Crippen molar-refractivity contribution in [2.75, 3.05) is 0 Å². The Bertz CT molecular complexity index is 429. The summed E-state index contributed by atoms with van der Waals surface area (Å²) in [6.45, 7) is 20.0. The van der Waals surface area contributed by atoms with E-state index in [0.29, 0.717) is 0 Å². The minimum absolute atomic E-state index is 0.0351. The summed E-state index contributed by atoms with van der Waals surface area (Å²) in [5.74, 6) is 0. The molecule has 2 nitrogen and oxygen atoms in total. The van der Waals surface area contributed by atoms with E-state index < -0.39 is 0 Å². The lowest BCUT2D eigenvalue weighted by Gasteiger charge is -2.27. The van der Waals surface area contributed by atoms with Crippen LogP contribution in [0, 0.1) is 16.2 Å². The van der Waals surface area contributed by atoms with Crippen molar-refractivity contribution in [3.63, 3.8) is 0 Å². The molecule has 0 aromatic carbocycles. The first-order valence-electron chi connectivity index (χ1n) is 7.18. The standard InChI is InChI=1S/C17H30N2/c1-15(2,3)12-10-13(16(4,5)6)18-19-14(11-12)17(7,8)9/h10H,11H2,1-9H3. The van der Waals surface area contributed by atoms with E-state index in [2.05, 4.69) is 78.6 Å². The van der Waals surface area contributed by atoms with Crippen LogP contribution in [-0.2, 0) is 0 Å². The summed E-state index contributed by atoms with van der Waals surface area (Å²) >= 11 is 0. The molecule has 1 rings (SSSR count). The van der Waals surface area contributed by atoms with Gasteiger partial charge in [-0.25, -0.2) is 0 Å². The van der Waals surface area contributed by atoms with E-state index in [0.717, 1.165) is 12.1 Å². The summed E-state index contributed by atoms with van der Waals surface area (Å²) in [7, 11) is 0. The Hall–Kier alpha value is -0.920. The third-order valence-corrected chi connectivity index (χ3v) is 3.54. The Balaban J connectivity index is 3.34. The summed E-state index contributed by atoms with van der Waals surface area (Å²) < 4.78 is 0. The predicted molar refractivity (Wildman–Crippen MR) is 85.9 cm³/mol. The molecule has 0 fully saturated rings. The molecule has 0 aromatic rings. The number of allylic oxidation sites excluding steroid dienone is 2. The Morgan fingerprint density at radius 2 is 1.26 bits per heavy atom. The molecule has 108 valence electrons. The van der Waals surface area contributed by atoms with Crippen LogP contribution in [0.1, 0.15) is 68.7 Å². The van der Waals surface area contributed by atoms with Gasteiger partial charge in [0.05, 0.1) is 5.71 Å². The van der Waals surface area contributed by atoms with Gasteiger partial charge in [0.1, 0.15) is 0 Å². The van der Waals surface area contributed by atoms with Crippen LogP contribution in [0.25, 0.3) is 0 Å². The molecule has 19 heavy (non-hydrogen) atoms. The molecular weight excluding hydrogens is 232 g/mol. The molecule has 0 atom stereocenters. The van der Waals surface area contributed by atoms with Gasteiger partial charge < -0.3 is 0 Å². The number of rotatable bonds is 0. The van der Waals surface area contributed by atoms with Crippen LogP contribution in [0.3, 0.4) is 0 Å². The molecule has 0 unspecified atom stereocenters. The number of nitrogens with zero attached hydrogens (tertiary/aromatic N) is 2. The Morgan fingerprint density at radius 1 is 0.737 bits per heavy atom. The fourth-order valence-corrected chi connectivity index (χ4v) is 1.84. The lowest BCUT2D eigenvalue weighted by atomic mass is 9.76. The minimum atomic E-state index is 0.0351. The summed E-state index contributed by atoms with van der Waals surface area (Å²) in [6.07, 6.45) is 3.19. The molecule has 2 heteroatoms. The van der Waals surface area contributed by atoms with E-state index in [1.54, 1.807) is 0 Å². The maximum atomic E-state index is 4.56. The van der Waals surface area contributed by atoms with Gasteiger partial charge in [0.2, 0.25) is 0 Å². The maximum absolute atomic E-state index is 4.56. The lowest BCUT2D eigenvalue weighted by molar-refractivity contribution is 0.488. The van der Waals surface area contributed by atoms with Gasteiger partial charge in [-0.15, -0.1) is 0 Å². The van der Waals surface area contributed by atoms with Gasteiger partial charge in [-0.05, 0) is 11.5 Å². The first-order chi connectivity index (χ1) is 8.32. The fourth-order valence-electron chi connectivity index (χ4n) is 1.84. The third kappa shape index (κ3) is 4.29. The molecular formula is C17H30N2. The quantitative estimate of drug-likeness (QED) is 0.569. The van der Waals surface area contributed by atoms with Crippen molar-refractivity contribution >= 4 is 11.4 Å². The second-order valence-electron chi connectivity index (χ2n) is 8.63. The SMILES string of the molecule is CC(C)(C)C1=CC(C(C)(C)C)=NN=C(C(C)(C)C)C1. The van der Waals surface area contributed by atoms with E-state index >= 15 is 0 Å². The minimum Gasteiger partial charge on any atom is -0.159 e. The summed E-state index contributed by atoms with van der Waals surface area (Å²) in [5.41, 5.74) is 3.94. The third-order valence-electron chi connectivity index (χ3n) is 3.54. The van der Waals surface area contributed by atoms with Crippen molar-refractivity contribution in [2.45, 2.75) is 68.7 Å². The van der Waals surface area contributed by atoms with Crippen molar-refractivity contribution < 1.29 is 0 Å². The molecule has 0 aromatic heterocycles. The molecule has 0 radical (unpaired) electrons. The average Bonchev–Trinajstić information content (AvgIpc) is 2.35. The van der Waals surface area contributed by atoms with Gasteiger partial charge in [-0.3, -0.25) is 0 Å². The van der Waals surface area contributed by atoms with Crippen LogP contribution in [-0.4, -0.2) is 11.4 Å². The highest BCUT2D eigenvalue weighted by Crippen LogP contribution is 2.35. The first-order valence-corrected chi connectivity index (χ1v) is 7.18. The van der Waals surface area contributed by atoms with E-state index in [1.807, 2.05) is 0 Å². The molecule has 1 aliphatic heterocycles. The zero-order chi connectivity index (χ0) is 15.1. The average molecular weight is 262 g/mol. The maximum Gasteiger partial charge on any atom is 0.0683 e. The van der Waals surface area contributed by atoms with Gasteiger partial charge in [0.15, 0.2) is 0 Å². The van der Waals surface area contributed by atoms with Crippen LogP contribution in [0.15, 0.2) is 21.9 Å². The van der Waals surface area contributed by atoms with E-state index in [4.69, 9.17) is 0 Å². The van der Waals surface area contributed by atoms with Crippen molar-refractivity contribution in [3.8, 4) is 0 Å². The van der Waals surface area contributed by atoms with Crippen LogP contribution in [0.2, 0.25) is 0 Å². The normalized spacial score (nSPS) is 18.5. The number of hydrogen-bond acceptors (Lipinski definition) is 2. The fraction of sp³-hybridized carbons (Fsp3) is 0.765. The van der Waals surface area contributed by atoms with Crippen molar-refractivity contribution in [1.82, 2.24) is 0 Å². The topological polar surface area (TPSA) is 24.7 Å². The van der Waals surface area contributed by atoms with Gasteiger partial charge in [-0.1, -0.05) is 67.9 Å². The zero-order valence-electron chi connectivity index (χ0n) is 14.2. The molecule has 0 saturated heterocycles. The summed E-state index contributed by atoms with van der Waals surface area (Å²) in [6, 6.07) is 0. The molecule has 0 N–H and O–H groups in total. The van der Waals surface area contributed by atoms with Crippen molar-refractivity contribution in [3.05, 3.63) is 11.6 Å². The molecule has 1 heterocycles. The highest BCUT2D eigenvalue weighted by Gasteiger charge is 2.29. The summed E-state index contributed by atoms with van der Waals surface area (Å²) in [5, 5.41) is 9.09. The van der Waals surface area contributed by atoms with Gasteiger partial charge in [0.25, 0.3) is 0 Å². The summed E-state index contributed by atoms with van der Waals surface area (Å²) in [4.78, 5) is 0. The van der Waals surface area contributed by atoms with E-state index in [9.17, 15) is 0 Å². The molecule has 0 amide bonds. The van der Waals surface area contributed by atoms with Gasteiger partial charge >= 0.3 is 0 Å². The second-order valence-corrected chi connectivity index (χ2v) is 8.63. The van der Waals surface area contributed by atoms with Crippen molar-refractivity contribution in [2.24, 2.45) is 26.4 Å². The Kier molecular flexibility index (Phi) is 4.15. The Morgan fingerprint density at radius 3 is 1.63 bits per heavy atom. The smallest absolute Gasteiger partial charge is 0.0683 e. The van der Waals surface area contributed by atoms with E-state index in [1.165, 1.54) is 11.3 Å². The van der Waals surface area contributed by atoms with Crippen LogP contribution >= 0.6 is 0 Å². The second kappa shape index (κ2) is 4.88. The van der Waals surface area contributed by atoms with E-state index in [-0.39, 0.29) is 16.2 Å². The lowest BCUT2D eigenvalue weighted by Crippen LogP contribution is -2.24. The van der Waals surface area contributed by atoms with Crippen LogP contribution < -0.4 is 0 Å². The molecule has 0 aliphatic carbocycles.